The first-order valence-electron chi connectivity index (χ1n) is 6.94. The summed E-state index contributed by atoms with van der Waals surface area (Å²) in [6.07, 6.45) is 10.3. The summed E-state index contributed by atoms with van der Waals surface area (Å²) in [5.74, 6) is 0.681. The lowest BCUT2D eigenvalue weighted by atomic mass is 10.2. The van der Waals surface area contributed by atoms with Crippen LogP contribution < -0.4 is 5.32 Å². The molecule has 3 aromatic heterocycles. The molecule has 0 bridgehead atoms. The average Bonchev–Trinajstić information content (AvgIpc) is 3.25. The molecule has 3 aromatic rings. The van der Waals surface area contributed by atoms with Crippen LogP contribution in [0.1, 0.15) is 18.5 Å². The number of pyridine rings is 1. The Morgan fingerprint density at radius 2 is 2.23 bits per heavy atom. The predicted octanol–water partition coefficient (Wildman–Crippen LogP) is 1.34. The molecule has 7 heteroatoms. The van der Waals surface area contributed by atoms with Gasteiger partial charge < -0.3 is 9.88 Å². The second-order valence-electron chi connectivity index (χ2n) is 4.88. The Labute approximate surface area is 127 Å². The van der Waals surface area contributed by atoms with Crippen molar-refractivity contribution in [2.24, 2.45) is 0 Å². The van der Waals surface area contributed by atoms with E-state index in [-0.39, 0.29) is 11.9 Å². The molecule has 0 saturated carbocycles. The molecule has 3 rings (SSSR count). The van der Waals surface area contributed by atoms with Gasteiger partial charge in [0.25, 0.3) is 0 Å². The van der Waals surface area contributed by atoms with Gasteiger partial charge in [-0.25, -0.2) is 14.6 Å². The van der Waals surface area contributed by atoms with E-state index in [0.717, 1.165) is 11.4 Å². The van der Waals surface area contributed by atoms with E-state index in [2.05, 4.69) is 20.4 Å². The average molecular weight is 296 g/mol. The van der Waals surface area contributed by atoms with E-state index < -0.39 is 0 Å². The van der Waals surface area contributed by atoms with Gasteiger partial charge in [0.15, 0.2) is 5.82 Å². The number of aromatic nitrogens is 5. The molecule has 0 saturated heterocycles. The van der Waals surface area contributed by atoms with Crippen LogP contribution >= 0.6 is 0 Å². The van der Waals surface area contributed by atoms with Crippen LogP contribution in [0.4, 0.5) is 0 Å². The Morgan fingerprint density at radius 3 is 2.86 bits per heavy atom. The molecule has 0 fully saturated rings. The fraction of sp³-hybridized carbons (Fsp3) is 0.200. The first kappa shape index (κ1) is 14.0. The fourth-order valence-corrected chi connectivity index (χ4v) is 2.03. The van der Waals surface area contributed by atoms with Gasteiger partial charge in [-0.05, 0) is 24.6 Å². The number of imidazole rings is 1. The number of rotatable bonds is 5. The molecule has 1 amide bonds. The van der Waals surface area contributed by atoms with Crippen molar-refractivity contribution in [1.29, 1.82) is 0 Å². The maximum Gasteiger partial charge on any atom is 0.243 e. The van der Waals surface area contributed by atoms with Crippen molar-refractivity contribution < 1.29 is 4.79 Å². The summed E-state index contributed by atoms with van der Waals surface area (Å²) < 4.78 is 3.44. The smallest absolute Gasteiger partial charge is 0.243 e. The van der Waals surface area contributed by atoms with Crippen molar-refractivity contribution in [2.75, 3.05) is 0 Å². The highest BCUT2D eigenvalue weighted by Gasteiger charge is 2.13. The monoisotopic (exact) mass is 296 g/mol. The molecular weight excluding hydrogens is 280 g/mol. The van der Waals surface area contributed by atoms with Crippen molar-refractivity contribution in [3.05, 3.63) is 61.1 Å². The zero-order chi connectivity index (χ0) is 15.4. The van der Waals surface area contributed by atoms with Crippen molar-refractivity contribution in [3.63, 3.8) is 0 Å². The van der Waals surface area contributed by atoms with E-state index >= 15 is 0 Å². The number of nitrogens with one attached hydrogen (secondary N) is 1. The number of hydrogen-bond donors (Lipinski definition) is 1. The number of carbonyl (C=O) groups excluding carboxylic acids is 1. The highest BCUT2D eigenvalue weighted by atomic mass is 16.2. The summed E-state index contributed by atoms with van der Waals surface area (Å²) in [5, 5.41) is 7.01. The van der Waals surface area contributed by atoms with Gasteiger partial charge >= 0.3 is 0 Å². The highest BCUT2D eigenvalue weighted by Crippen LogP contribution is 2.07. The van der Waals surface area contributed by atoms with Crippen LogP contribution in [0.5, 0.6) is 0 Å². The van der Waals surface area contributed by atoms with Crippen LogP contribution in [0.3, 0.4) is 0 Å². The topological polar surface area (TPSA) is 77.6 Å². The van der Waals surface area contributed by atoms with Crippen molar-refractivity contribution in [1.82, 2.24) is 29.6 Å². The molecule has 0 aliphatic carbocycles. The van der Waals surface area contributed by atoms with Crippen molar-refractivity contribution >= 4 is 5.91 Å². The Morgan fingerprint density at radius 1 is 1.32 bits per heavy atom. The molecule has 112 valence electrons. The van der Waals surface area contributed by atoms with E-state index in [9.17, 15) is 4.79 Å². The Hall–Kier alpha value is -2.96. The molecule has 0 aliphatic rings. The maximum absolute atomic E-state index is 12.1. The molecule has 0 aromatic carbocycles. The molecule has 1 N–H and O–H groups in total. The second-order valence-corrected chi connectivity index (χ2v) is 4.88. The van der Waals surface area contributed by atoms with Gasteiger partial charge in [0.2, 0.25) is 5.91 Å². The minimum absolute atomic E-state index is 0.0610. The van der Waals surface area contributed by atoms with Gasteiger partial charge in [-0.3, -0.25) is 4.79 Å². The molecule has 0 aliphatic heterocycles. The zero-order valence-electron chi connectivity index (χ0n) is 12.1. The minimum Gasteiger partial charge on any atom is -0.350 e. The first-order chi connectivity index (χ1) is 10.7. The summed E-state index contributed by atoms with van der Waals surface area (Å²) >= 11 is 0. The molecule has 0 spiro atoms. The van der Waals surface area contributed by atoms with Gasteiger partial charge in [-0.1, -0.05) is 6.07 Å². The summed E-state index contributed by atoms with van der Waals surface area (Å²) in [4.78, 5) is 20.3. The van der Waals surface area contributed by atoms with E-state index in [1.165, 1.54) is 0 Å². The summed E-state index contributed by atoms with van der Waals surface area (Å²) in [7, 11) is 0. The summed E-state index contributed by atoms with van der Waals surface area (Å²) in [5.41, 5.74) is 0.932. The number of hydrogen-bond acceptors (Lipinski definition) is 4. The highest BCUT2D eigenvalue weighted by molar-refractivity contribution is 5.79. The zero-order valence-corrected chi connectivity index (χ0v) is 12.1. The largest absolute Gasteiger partial charge is 0.350 e. The fourth-order valence-electron chi connectivity index (χ4n) is 2.03. The molecular formula is C15H16N6O. The van der Waals surface area contributed by atoms with Crippen LogP contribution in [0, 0.1) is 0 Å². The SMILES string of the molecule is CC(C(=O)NCc1ccc(-n2cccn2)nc1)n1ccnc1. The Kier molecular flexibility index (Phi) is 3.95. The van der Waals surface area contributed by atoms with Crippen LogP contribution in [-0.2, 0) is 11.3 Å². The normalized spacial score (nSPS) is 12.0. The standard InChI is InChI=1S/C15H16N6O/c1-12(20-8-6-16-11-20)15(22)18-10-13-3-4-14(17-9-13)21-7-2-5-19-21/h2-9,11-12H,10H2,1H3,(H,18,22). The Bertz CT molecular complexity index is 718. The van der Waals surface area contributed by atoms with Gasteiger partial charge in [0, 0.05) is 37.5 Å². The third-order valence-corrected chi connectivity index (χ3v) is 3.37. The number of nitrogens with zero attached hydrogens (tertiary/aromatic N) is 5. The summed E-state index contributed by atoms with van der Waals surface area (Å²) in [6, 6.07) is 5.34. The van der Waals surface area contributed by atoms with Crippen LogP contribution in [0.2, 0.25) is 0 Å². The van der Waals surface area contributed by atoms with Gasteiger partial charge in [-0.15, -0.1) is 0 Å². The minimum atomic E-state index is -0.293. The predicted molar refractivity (Wildman–Crippen MR) is 80.1 cm³/mol. The first-order valence-corrected chi connectivity index (χ1v) is 6.94. The molecule has 3 heterocycles. The van der Waals surface area contributed by atoms with Gasteiger partial charge in [-0.2, -0.15) is 5.10 Å². The molecule has 7 nitrogen and oxygen atoms in total. The lowest BCUT2D eigenvalue weighted by molar-refractivity contribution is -0.124. The van der Waals surface area contributed by atoms with Crippen molar-refractivity contribution in [2.45, 2.75) is 19.5 Å². The Balaban J connectivity index is 1.58. The van der Waals surface area contributed by atoms with Crippen molar-refractivity contribution in [3.8, 4) is 5.82 Å². The van der Waals surface area contributed by atoms with Gasteiger partial charge in [0.1, 0.15) is 6.04 Å². The van der Waals surface area contributed by atoms with Crippen LogP contribution in [0.15, 0.2) is 55.5 Å². The van der Waals surface area contributed by atoms with E-state index in [1.54, 1.807) is 40.4 Å². The molecule has 1 unspecified atom stereocenters. The van der Waals surface area contributed by atoms with E-state index in [4.69, 9.17) is 0 Å². The quantitative estimate of drug-likeness (QED) is 0.770. The number of carbonyl (C=O) groups is 1. The molecule has 0 radical (unpaired) electrons. The molecule has 22 heavy (non-hydrogen) atoms. The third kappa shape index (κ3) is 3.03. The van der Waals surface area contributed by atoms with Crippen LogP contribution in [-0.4, -0.2) is 30.2 Å². The third-order valence-electron chi connectivity index (χ3n) is 3.37. The van der Waals surface area contributed by atoms with E-state index in [1.807, 2.05) is 31.3 Å². The lowest BCUT2D eigenvalue weighted by Crippen LogP contribution is -2.30. The number of amides is 1. The van der Waals surface area contributed by atoms with Crippen LogP contribution in [0.25, 0.3) is 5.82 Å². The maximum atomic E-state index is 12.1. The lowest BCUT2D eigenvalue weighted by Gasteiger charge is -2.13. The van der Waals surface area contributed by atoms with Gasteiger partial charge in [0.05, 0.1) is 6.33 Å². The van der Waals surface area contributed by atoms with E-state index in [0.29, 0.717) is 6.54 Å². The summed E-state index contributed by atoms with van der Waals surface area (Å²) in [6.45, 7) is 2.26. The molecule has 1 atom stereocenters. The second kappa shape index (κ2) is 6.21.